The number of fused-ring (bicyclic) bond motifs is 1. The van der Waals surface area contributed by atoms with E-state index < -0.39 is 0 Å². The van der Waals surface area contributed by atoms with Crippen molar-refractivity contribution in [3.05, 3.63) is 88.3 Å². The second-order valence-corrected chi connectivity index (χ2v) is 8.80. The second-order valence-electron chi connectivity index (χ2n) is 7.92. The number of nitriles is 1. The summed E-state index contributed by atoms with van der Waals surface area (Å²) in [5.41, 5.74) is 7.35. The van der Waals surface area contributed by atoms with Gasteiger partial charge in [-0.3, -0.25) is 0 Å². The average Bonchev–Trinajstić information content (AvgIpc) is 3.23. The summed E-state index contributed by atoms with van der Waals surface area (Å²) in [6, 6.07) is 23.2. The molecule has 0 saturated carbocycles. The Morgan fingerprint density at radius 2 is 1.75 bits per heavy atom. The fraction of sp³-hybridized carbons (Fsp3) is 0.207. The van der Waals surface area contributed by atoms with Crippen molar-refractivity contribution in [2.24, 2.45) is 0 Å². The summed E-state index contributed by atoms with van der Waals surface area (Å²) in [5, 5.41) is 12.6. The first-order valence-electron chi connectivity index (χ1n) is 10.7. The molecule has 0 saturated heterocycles. The first-order chi connectivity index (χ1) is 15.6. The van der Waals surface area contributed by atoms with Crippen molar-refractivity contribution in [1.29, 1.82) is 5.26 Å². The van der Waals surface area contributed by atoms with E-state index in [2.05, 4.69) is 73.5 Å². The lowest BCUT2D eigenvalue weighted by molar-refractivity contribution is 0.306. The van der Waals surface area contributed by atoms with E-state index in [0.717, 1.165) is 16.9 Å². The Morgan fingerprint density at radius 3 is 2.47 bits per heavy atom. The molecule has 1 atom stereocenters. The lowest BCUT2D eigenvalue weighted by Crippen LogP contribution is -1.98. The molecule has 1 aromatic heterocycles. The third-order valence-corrected chi connectivity index (χ3v) is 6.79. The van der Waals surface area contributed by atoms with Crippen molar-refractivity contribution in [3.8, 4) is 34.8 Å². The van der Waals surface area contributed by atoms with E-state index in [1.165, 1.54) is 32.3 Å². The number of rotatable bonds is 6. The summed E-state index contributed by atoms with van der Waals surface area (Å²) >= 11 is 1.80. The number of ether oxygens (including phenoxy) is 1. The van der Waals surface area contributed by atoms with Gasteiger partial charge in [-0.2, -0.15) is 5.26 Å². The Morgan fingerprint density at radius 1 is 0.969 bits per heavy atom. The minimum Gasteiger partial charge on any atom is -0.489 e. The molecule has 0 spiro atoms. The number of thiophene rings is 1. The molecule has 4 aromatic rings. The monoisotopic (exact) mass is 435 g/mol. The van der Waals surface area contributed by atoms with Gasteiger partial charge in [-0.25, -0.2) is 0 Å². The Kier molecular flexibility index (Phi) is 6.60. The van der Waals surface area contributed by atoms with E-state index in [1.807, 2.05) is 24.3 Å². The zero-order chi connectivity index (χ0) is 22.5. The van der Waals surface area contributed by atoms with Crippen LogP contribution in [0.2, 0.25) is 0 Å². The van der Waals surface area contributed by atoms with Crippen molar-refractivity contribution in [1.82, 2.24) is 0 Å². The van der Waals surface area contributed by atoms with Crippen LogP contribution in [0.1, 0.15) is 41.5 Å². The number of nitrogens with zero attached hydrogens (tertiary/aromatic N) is 1. The summed E-state index contributed by atoms with van der Waals surface area (Å²) in [6.45, 7) is 6.65. The highest BCUT2D eigenvalue weighted by molar-refractivity contribution is 7.18. The number of hydrogen-bond acceptors (Lipinski definition) is 3. The van der Waals surface area contributed by atoms with E-state index in [4.69, 9.17) is 10.00 Å². The standard InChI is InChI=1S/C29H25NOS/c1-4-7-23(14-15-30)24-10-12-25(13-11-24)31-18-22-16-21(3)29-27(17-22)28(19-32-29)26-9-6-5-8-20(26)2/h5-6,8-13,16-17,19,23H,14,18H2,1-3H3/t23-/m0/s1. The number of hydrogen-bond donors (Lipinski definition) is 0. The fourth-order valence-corrected chi connectivity index (χ4v) is 5.06. The van der Waals surface area contributed by atoms with E-state index >= 15 is 0 Å². The third kappa shape index (κ3) is 4.54. The van der Waals surface area contributed by atoms with Gasteiger partial charge in [0.15, 0.2) is 0 Å². The van der Waals surface area contributed by atoms with Gasteiger partial charge in [-0.15, -0.1) is 17.3 Å². The van der Waals surface area contributed by atoms with Gasteiger partial charge in [0.2, 0.25) is 0 Å². The highest BCUT2D eigenvalue weighted by Crippen LogP contribution is 2.38. The SMILES string of the molecule is CC#C[C@@H](CC#N)c1ccc(OCc2cc(C)c3scc(-c4ccccc4C)c3c2)cc1. The van der Waals surface area contributed by atoms with Gasteiger partial charge in [-0.1, -0.05) is 48.4 Å². The predicted octanol–water partition coefficient (Wildman–Crippen LogP) is 7.78. The normalized spacial score (nSPS) is 11.4. The first kappa shape index (κ1) is 21.7. The highest BCUT2D eigenvalue weighted by Gasteiger charge is 2.12. The van der Waals surface area contributed by atoms with Crippen molar-refractivity contribution in [3.63, 3.8) is 0 Å². The molecular weight excluding hydrogens is 410 g/mol. The molecule has 0 fully saturated rings. The molecule has 0 aliphatic carbocycles. The molecule has 0 unspecified atom stereocenters. The molecule has 0 aliphatic rings. The highest BCUT2D eigenvalue weighted by atomic mass is 32.1. The molecule has 0 N–H and O–H groups in total. The van der Waals surface area contributed by atoms with E-state index in [9.17, 15) is 0 Å². The summed E-state index contributed by atoms with van der Waals surface area (Å²) in [7, 11) is 0. The topological polar surface area (TPSA) is 33.0 Å². The quantitative estimate of drug-likeness (QED) is 0.290. The number of benzene rings is 3. The van der Waals surface area contributed by atoms with Gasteiger partial charge in [-0.05, 0) is 72.2 Å². The maximum absolute atomic E-state index is 9.04. The molecule has 0 bridgehead atoms. The van der Waals surface area contributed by atoms with Gasteiger partial charge in [0.05, 0.1) is 18.4 Å². The van der Waals surface area contributed by atoms with Crippen LogP contribution < -0.4 is 4.74 Å². The maximum atomic E-state index is 9.04. The molecular formula is C29H25NOS. The van der Waals surface area contributed by atoms with E-state index in [0.29, 0.717) is 13.0 Å². The van der Waals surface area contributed by atoms with Crippen LogP contribution in [0.4, 0.5) is 0 Å². The molecule has 2 nitrogen and oxygen atoms in total. The summed E-state index contributed by atoms with van der Waals surface area (Å²) in [4.78, 5) is 0. The van der Waals surface area contributed by atoms with Crippen molar-refractivity contribution in [2.75, 3.05) is 0 Å². The van der Waals surface area contributed by atoms with Crippen LogP contribution in [-0.2, 0) is 6.61 Å². The zero-order valence-electron chi connectivity index (χ0n) is 18.6. The maximum Gasteiger partial charge on any atom is 0.119 e. The molecule has 0 radical (unpaired) electrons. The molecule has 1 heterocycles. The van der Waals surface area contributed by atoms with Crippen LogP contribution >= 0.6 is 11.3 Å². The van der Waals surface area contributed by atoms with E-state index in [1.54, 1.807) is 18.3 Å². The molecule has 32 heavy (non-hydrogen) atoms. The minimum absolute atomic E-state index is 0.0532. The molecule has 158 valence electrons. The summed E-state index contributed by atoms with van der Waals surface area (Å²) < 4.78 is 7.43. The average molecular weight is 436 g/mol. The summed E-state index contributed by atoms with van der Waals surface area (Å²) in [6.07, 6.45) is 0.393. The van der Waals surface area contributed by atoms with Crippen LogP contribution in [0.15, 0.2) is 66.0 Å². The van der Waals surface area contributed by atoms with Gasteiger partial charge in [0.25, 0.3) is 0 Å². The van der Waals surface area contributed by atoms with Crippen LogP contribution in [0.5, 0.6) is 5.75 Å². The minimum atomic E-state index is -0.0532. The van der Waals surface area contributed by atoms with Gasteiger partial charge in [0, 0.05) is 15.6 Å². The number of aryl methyl sites for hydroxylation is 2. The van der Waals surface area contributed by atoms with Crippen LogP contribution in [0.3, 0.4) is 0 Å². The van der Waals surface area contributed by atoms with Crippen molar-refractivity contribution in [2.45, 2.75) is 39.7 Å². The van der Waals surface area contributed by atoms with Gasteiger partial charge < -0.3 is 4.74 Å². The van der Waals surface area contributed by atoms with Crippen LogP contribution in [0.25, 0.3) is 21.2 Å². The van der Waals surface area contributed by atoms with Gasteiger partial charge in [0.1, 0.15) is 12.4 Å². The fourth-order valence-electron chi connectivity index (χ4n) is 4.03. The largest absolute Gasteiger partial charge is 0.489 e. The lowest BCUT2D eigenvalue weighted by atomic mass is 9.97. The molecule has 4 rings (SSSR count). The third-order valence-electron chi connectivity index (χ3n) is 5.66. The molecule has 0 amide bonds. The Bertz CT molecular complexity index is 1350. The Labute approximate surface area is 194 Å². The second kappa shape index (κ2) is 9.73. The lowest BCUT2D eigenvalue weighted by Gasteiger charge is -2.11. The van der Waals surface area contributed by atoms with Crippen molar-refractivity contribution < 1.29 is 4.74 Å². The molecule has 3 heteroatoms. The predicted molar refractivity (Wildman–Crippen MR) is 134 cm³/mol. The van der Waals surface area contributed by atoms with Gasteiger partial charge >= 0.3 is 0 Å². The zero-order valence-corrected chi connectivity index (χ0v) is 19.4. The van der Waals surface area contributed by atoms with Crippen LogP contribution in [-0.4, -0.2) is 0 Å². The van der Waals surface area contributed by atoms with Crippen LogP contribution in [0, 0.1) is 37.0 Å². The van der Waals surface area contributed by atoms with Crippen molar-refractivity contribution >= 4 is 21.4 Å². The Hall–Kier alpha value is -3.53. The molecule has 3 aromatic carbocycles. The molecule has 0 aliphatic heterocycles. The Balaban J connectivity index is 1.56. The smallest absolute Gasteiger partial charge is 0.119 e. The summed E-state index contributed by atoms with van der Waals surface area (Å²) in [5.74, 6) is 6.79. The van der Waals surface area contributed by atoms with E-state index in [-0.39, 0.29) is 5.92 Å². The first-order valence-corrected chi connectivity index (χ1v) is 11.6.